The number of carboxylic acids is 1. The van der Waals surface area contributed by atoms with Crippen molar-refractivity contribution in [3.8, 4) is 0 Å². The van der Waals surface area contributed by atoms with Crippen LogP contribution in [-0.4, -0.2) is 59.1 Å². The fraction of sp³-hybridized carbons (Fsp3) is 0.500. The number of likely N-dealkylation sites (N-methyl/N-ethyl adjacent to an activating group) is 1. The number of ketones is 1. The Labute approximate surface area is 156 Å². The van der Waals surface area contributed by atoms with Gasteiger partial charge in [-0.15, -0.1) is 0 Å². The monoisotopic (exact) mass is 383 g/mol. The molecule has 8 heteroatoms. The molecule has 0 amide bonds. The minimum atomic E-state index is -1.36. The maximum atomic E-state index is 13.1. The number of hydrogen-bond donors (Lipinski definition) is 2. The van der Waals surface area contributed by atoms with E-state index in [9.17, 15) is 24.6 Å². The van der Waals surface area contributed by atoms with Gasteiger partial charge in [-0.05, 0) is 37.9 Å². The Kier molecular flexibility index (Phi) is 6.75. The van der Waals surface area contributed by atoms with E-state index in [-0.39, 0.29) is 19.5 Å². The molecule has 3 atom stereocenters. The predicted molar refractivity (Wildman–Crippen MR) is 93.8 cm³/mol. The number of carbonyl (C=O) groups excluding carboxylic acids is 2. The van der Waals surface area contributed by atoms with Crippen LogP contribution < -0.4 is 0 Å². The Balaban J connectivity index is 2.52. The topological polar surface area (TPSA) is 104 Å². The third-order valence-corrected chi connectivity index (χ3v) is 5.31. The Bertz CT molecular complexity index is 681. The molecule has 2 rings (SSSR count). The normalized spacial score (nSPS) is 24.3. The second-order valence-corrected chi connectivity index (χ2v) is 6.74. The lowest BCUT2D eigenvalue weighted by Crippen LogP contribution is -2.60. The number of aliphatic hydroxyl groups is 1. The second-order valence-electron chi connectivity index (χ2n) is 6.33. The molecule has 0 saturated heterocycles. The number of carbonyl (C=O) groups is 3. The summed E-state index contributed by atoms with van der Waals surface area (Å²) in [6.07, 6.45) is 0.00897. The standard InChI is InChI=1S/C18H22ClNO6/c1-20(14(17(24)25)8-10-26-11-21)18(9-4-7-15(22)16(18)23)12-5-2-3-6-13(12)19/h2-3,5-6,11,14-15,22H,4,7-10H2,1H3,(H,24,25)/t14-,15+,18+/m0/s1. The minimum Gasteiger partial charge on any atom is -0.480 e. The molecule has 0 aliphatic heterocycles. The summed E-state index contributed by atoms with van der Waals surface area (Å²) in [5.41, 5.74) is -0.893. The largest absolute Gasteiger partial charge is 0.480 e. The van der Waals surface area contributed by atoms with Crippen LogP contribution in [0.4, 0.5) is 0 Å². The number of benzene rings is 1. The lowest BCUT2D eigenvalue weighted by Gasteiger charge is -2.47. The Hall–Kier alpha value is -1.96. The zero-order chi connectivity index (χ0) is 19.3. The highest BCUT2D eigenvalue weighted by Gasteiger charge is 2.52. The first-order chi connectivity index (χ1) is 12.4. The first-order valence-corrected chi connectivity index (χ1v) is 8.72. The number of rotatable bonds is 8. The van der Waals surface area contributed by atoms with Gasteiger partial charge in [0.1, 0.15) is 17.7 Å². The highest BCUT2D eigenvalue weighted by Crippen LogP contribution is 2.43. The van der Waals surface area contributed by atoms with Crippen LogP contribution in [-0.2, 0) is 24.7 Å². The van der Waals surface area contributed by atoms with E-state index in [0.717, 1.165) is 0 Å². The fourth-order valence-corrected chi connectivity index (χ4v) is 3.95. The summed E-state index contributed by atoms with van der Waals surface area (Å²) >= 11 is 6.34. The molecule has 0 unspecified atom stereocenters. The lowest BCUT2D eigenvalue weighted by molar-refractivity contribution is -0.156. The molecular formula is C18H22ClNO6. The van der Waals surface area contributed by atoms with Crippen molar-refractivity contribution in [2.75, 3.05) is 13.7 Å². The van der Waals surface area contributed by atoms with Crippen LogP contribution in [0, 0.1) is 0 Å². The van der Waals surface area contributed by atoms with Gasteiger partial charge >= 0.3 is 5.97 Å². The van der Waals surface area contributed by atoms with Crippen LogP contribution in [0.5, 0.6) is 0 Å². The molecule has 0 aromatic heterocycles. The van der Waals surface area contributed by atoms with Crippen molar-refractivity contribution in [3.63, 3.8) is 0 Å². The minimum absolute atomic E-state index is 0.000150. The van der Waals surface area contributed by atoms with Gasteiger partial charge in [0.2, 0.25) is 0 Å². The number of ether oxygens (including phenoxy) is 1. The molecule has 1 aliphatic carbocycles. The summed E-state index contributed by atoms with van der Waals surface area (Å²) in [6.45, 7) is 0.151. The van der Waals surface area contributed by atoms with E-state index in [0.29, 0.717) is 29.8 Å². The van der Waals surface area contributed by atoms with Crippen LogP contribution in [0.15, 0.2) is 24.3 Å². The second kappa shape index (κ2) is 8.62. The summed E-state index contributed by atoms with van der Waals surface area (Å²) in [6, 6.07) is 5.65. The van der Waals surface area contributed by atoms with E-state index >= 15 is 0 Å². The number of halogens is 1. The van der Waals surface area contributed by atoms with Crippen molar-refractivity contribution in [1.29, 1.82) is 0 Å². The molecule has 26 heavy (non-hydrogen) atoms. The Morgan fingerprint density at radius 3 is 2.81 bits per heavy atom. The van der Waals surface area contributed by atoms with Crippen molar-refractivity contribution in [1.82, 2.24) is 4.90 Å². The number of hydrogen-bond acceptors (Lipinski definition) is 6. The van der Waals surface area contributed by atoms with E-state index in [1.807, 2.05) is 0 Å². The smallest absolute Gasteiger partial charge is 0.321 e. The Morgan fingerprint density at radius 2 is 2.19 bits per heavy atom. The maximum absolute atomic E-state index is 13.1. The number of aliphatic carboxylic acids is 1. The van der Waals surface area contributed by atoms with Crippen molar-refractivity contribution in [3.05, 3.63) is 34.9 Å². The van der Waals surface area contributed by atoms with Crippen LogP contribution in [0.3, 0.4) is 0 Å². The van der Waals surface area contributed by atoms with Gasteiger partial charge in [0, 0.05) is 11.4 Å². The van der Waals surface area contributed by atoms with Crippen molar-refractivity contribution >= 4 is 29.8 Å². The van der Waals surface area contributed by atoms with Gasteiger partial charge in [-0.25, -0.2) is 0 Å². The third kappa shape index (κ3) is 3.75. The average molecular weight is 384 g/mol. The summed E-state index contributed by atoms with van der Waals surface area (Å²) in [7, 11) is 1.53. The van der Waals surface area contributed by atoms with Crippen LogP contribution >= 0.6 is 11.6 Å². The molecule has 0 heterocycles. The SMILES string of the molecule is CN([C@@H](CCOC=O)C(=O)O)[C@@]1(c2ccccc2Cl)CCC[C@@H](O)C1=O. The molecule has 2 N–H and O–H groups in total. The van der Waals surface area contributed by atoms with Gasteiger partial charge in [0.25, 0.3) is 6.47 Å². The molecular weight excluding hydrogens is 362 g/mol. The third-order valence-electron chi connectivity index (χ3n) is 4.98. The number of carboxylic acid groups (broad SMARTS) is 1. The summed E-state index contributed by atoms with van der Waals surface area (Å²) in [4.78, 5) is 36.7. The van der Waals surface area contributed by atoms with Gasteiger partial charge in [-0.2, -0.15) is 0 Å². The van der Waals surface area contributed by atoms with E-state index in [1.54, 1.807) is 24.3 Å². The predicted octanol–water partition coefficient (Wildman–Crippen LogP) is 1.60. The van der Waals surface area contributed by atoms with E-state index in [4.69, 9.17) is 11.6 Å². The fourth-order valence-electron chi connectivity index (χ4n) is 3.66. The molecule has 1 fully saturated rings. The van der Waals surface area contributed by atoms with Crippen molar-refractivity contribution in [2.24, 2.45) is 0 Å². The summed E-state index contributed by atoms with van der Waals surface area (Å²) in [5, 5.41) is 20.2. The molecule has 0 radical (unpaired) electrons. The maximum Gasteiger partial charge on any atom is 0.321 e. The van der Waals surface area contributed by atoms with Crippen LogP contribution in [0.25, 0.3) is 0 Å². The number of Topliss-reactive ketones (excluding diaryl/α,β-unsaturated/α-hetero) is 1. The van der Waals surface area contributed by atoms with Crippen LogP contribution in [0.2, 0.25) is 5.02 Å². The van der Waals surface area contributed by atoms with Crippen molar-refractivity contribution in [2.45, 2.75) is 43.4 Å². The quantitative estimate of drug-likeness (QED) is 0.519. The van der Waals surface area contributed by atoms with Gasteiger partial charge in [0.15, 0.2) is 5.78 Å². The first kappa shape index (κ1) is 20.4. The van der Waals surface area contributed by atoms with E-state index in [2.05, 4.69) is 4.74 Å². The highest BCUT2D eigenvalue weighted by molar-refractivity contribution is 6.31. The molecule has 142 valence electrons. The first-order valence-electron chi connectivity index (χ1n) is 8.34. The summed E-state index contributed by atoms with van der Waals surface area (Å²) < 4.78 is 4.63. The number of nitrogens with zero attached hydrogens (tertiary/aromatic N) is 1. The molecule has 1 saturated carbocycles. The van der Waals surface area contributed by atoms with Crippen molar-refractivity contribution < 1.29 is 29.3 Å². The van der Waals surface area contributed by atoms with E-state index < -0.39 is 29.4 Å². The Morgan fingerprint density at radius 1 is 1.50 bits per heavy atom. The van der Waals surface area contributed by atoms with Gasteiger partial charge in [0.05, 0.1) is 6.61 Å². The zero-order valence-electron chi connectivity index (χ0n) is 14.4. The molecule has 0 bridgehead atoms. The van der Waals surface area contributed by atoms with Gasteiger partial charge in [-0.3, -0.25) is 19.3 Å². The lowest BCUT2D eigenvalue weighted by atomic mass is 9.72. The molecule has 1 aliphatic rings. The number of aliphatic hydroxyl groups excluding tert-OH is 1. The highest BCUT2D eigenvalue weighted by atomic mass is 35.5. The zero-order valence-corrected chi connectivity index (χ0v) is 15.2. The molecule has 7 nitrogen and oxygen atoms in total. The van der Waals surface area contributed by atoms with Crippen LogP contribution in [0.1, 0.15) is 31.2 Å². The summed E-state index contributed by atoms with van der Waals surface area (Å²) in [5.74, 6) is -1.62. The average Bonchev–Trinajstić information content (AvgIpc) is 2.61. The molecule has 1 aromatic carbocycles. The van der Waals surface area contributed by atoms with E-state index in [1.165, 1.54) is 11.9 Å². The molecule has 0 spiro atoms. The van der Waals surface area contributed by atoms with Gasteiger partial charge < -0.3 is 14.9 Å². The van der Waals surface area contributed by atoms with Gasteiger partial charge in [-0.1, -0.05) is 29.8 Å². The molecule has 1 aromatic rings.